The van der Waals surface area contributed by atoms with E-state index in [1.807, 2.05) is 32.3 Å². The highest BCUT2D eigenvalue weighted by Crippen LogP contribution is 2.10. The summed E-state index contributed by atoms with van der Waals surface area (Å²) in [5.41, 5.74) is -0.455. The van der Waals surface area contributed by atoms with Gasteiger partial charge in [0.25, 0.3) is 0 Å². The number of hydrogen-bond acceptors (Lipinski definition) is 5. The van der Waals surface area contributed by atoms with Gasteiger partial charge in [0.2, 0.25) is 0 Å². The molecule has 1 aromatic heterocycles. The van der Waals surface area contributed by atoms with Crippen LogP contribution in [0.5, 0.6) is 0 Å². The second-order valence-corrected chi connectivity index (χ2v) is 7.75. The van der Waals surface area contributed by atoms with E-state index in [1.165, 1.54) is 0 Å². The van der Waals surface area contributed by atoms with E-state index in [2.05, 4.69) is 29.5 Å². The van der Waals surface area contributed by atoms with Gasteiger partial charge in [0.1, 0.15) is 5.60 Å². The Morgan fingerprint density at radius 2 is 2.09 bits per heavy atom. The highest BCUT2D eigenvalue weighted by molar-refractivity contribution is 7.09. The maximum Gasteiger partial charge on any atom is 0.407 e. The van der Waals surface area contributed by atoms with Crippen molar-refractivity contribution in [1.82, 2.24) is 15.6 Å². The van der Waals surface area contributed by atoms with Crippen LogP contribution in [0, 0.1) is 11.8 Å². The van der Waals surface area contributed by atoms with Crippen LogP contribution in [-0.2, 0) is 11.2 Å². The highest BCUT2D eigenvalue weighted by atomic mass is 32.1. The average Bonchev–Trinajstić information content (AvgIpc) is 2.88. The number of nitrogens with one attached hydrogen (secondary N) is 2. The number of alkyl carbamates (subject to hydrolysis) is 1. The van der Waals surface area contributed by atoms with Crippen LogP contribution in [-0.4, -0.2) is 36.3 Å². The Bertz CT molecular complexity index is 427. The number of rotatable bonds is 8. The minimum atomic E-state index is -0.455. The van der Waals surface area contributed by atoms with Gasteiger partial charge in [-0.3, -0.25) is 0 Å². The maximum atomic E-state index is 11.7. The van der Waals surface area contributed by atoms with Crippen molar-refractivity contribution in [1.29, 1.82) is 0 Å². The molecule has 0 radical (unpaired) electrons. The molecule has 0 aromatic carbocycles. The van der Waals surface area contributed by atoms with E-state index in [1.54, 1.807) is 11.3 Å². The van der Waals surface area contributed by atoms with Crippen LogP contribution in [0.1, 0.15) is 39.6 Å². The molecule has 0 fully saturated rings. The minimum absolute atomic E-state index is 0.346. The molecule has 0 aliphatic heterocycles. The molecule has 5 nitrogen and oxygen atoms in total. The first-order chi connectivity index (χ1) is 10.3. The van der Waals surface area contributed by atoms with Crippen molar-refractivity contribution in [3.8, 4) is 0 Å². The van der Waals surface area contributed by atoms with Gasteiger partial charge in [-0.2, -0.15) is 0 Å². The summed E-state index contributed by atoms with van der Waals surface area (Å²) >= 11 is 1.68. The van der Waals surface area contributed by atoms with Crippen molar-refractivity contribution in [2.45, 2.75) is 46.6 Å². The molecular formula is C16H29N3O2S. The van der Waals surface area contributed by atoms with Crippen molar-refractivity contribution in [2.75, 3.05) is 19.6 Å². The smallest absolute Gasteiger partial charge is 0.407 e. The van der Waals surface area contributed by atoms with E-state index >= 15 is 0 Å². The molecule has 126 valence electrons. The number of nitrogens with zero attached hydrogens (tertiary/aromatic N) is 1. The largest absolute Gasteiger partial charge is 0.444 e. The van der Waals surface area contributed by atoms with Crippen LogP contribution < -0.4 is 10.6 Å². The van der Waals surface area contributed by atoms with E-state index in [-0.39, 0.29) is 6.09 Å². The third kappa shape index (κ3) is 8.34. The summed E-state index contributed by atoms with van der Waals surface area (Å²) in [4.78, 5) is 16.0. The third-order valence-corrected chi connectivity index (χ3v) is 4.10. The van der Waals surface area contributed by atoms with Crippen molar-refractivity contribution >= 4 is 17.4 Å². The summed E-state index contributed by atoms with van der Waals surface area (Å²) in [7, 11) is 0. The summed E-state index contributed by atoms with van der Waals surface area (Å²) in [5, 5.41) is 9.47. The molecular weight excluding hydrogens is 298 g/mol. The second kappa shape index (κ2) is 9.10. The van der Waals surface area contributed by atoms with Crippen LogP contribution in [0.4, 0.5) is 4.79 Å². The molecule has 1 atom stereocenters. The maximum absolute atomic E-state index is 11.7. The molecule has 0 aliphatic rings. The predicted octanol–water partition coefficient (Wildman–Crippen LogP) is 3.07. The van der Waals surface area contributed by atoms with E-state index in [0.29, 0.717) is 18.4 Å². The summed E-state index contributed by atoms with van der Waals surface area (Å²) in [6.07, 6.45) is 2.44. The zero-order chi connectivity index (χ0) is 16.6. The molecule has 0 spiro atoms. The summed E-state index contributed by atoms with van der Waals surface area (Å²) in [6, 6.07) is 0. The fourth-order valence-electron chi connectivity index (χ4n) is 1.93. The zero-order valence-electron chi connectivity index (χ0n) is 14.3. The quantitative estimate of drug-likeness (QED) is 0.720. The number of carbonyl (C=O) groups excluding carboxylic acids is 1. The lowest BCUT2D eigenvalue weighted by molar-refractivity contribution is 0.0515. The third-order valence-electron chi connectivity index (χ3n) is 3.26. The van der Waals surface area contributed by atoms with Gasteiger partial charge < -0.3 is 15.4 Å². The second-order valence-electron chi connectivity index (χ2n) is 6.77. The Kier molecular flexibility index (Phi) is 7.82. The first-order valence-corrected chi connectivity index (χ1v) is 8.72. The van der Waals surface area contributed by atoms with Crippen molar-refractivity contribution in [2.24, 2.45) is 11.8 Å². The van der Waals surface area contributed by atoms with Gasteiger partial charge in [0, 0.05) is 31.1 Å². The van der Waals surface area contributed by atoms with Gasteiger partial charge in [0.15, 0.2) is 0 Å². The molecule has 0 bridgehead atoms. The molecule has 0 saturated heterocycles. The standard InChI is InChI=1S/C16H29N3O2S/c1-12(2)13(11-19-15(20)21-16(3,4)5)10-17-7-6-14-18-8-9-22-14/h8-9,12-13,17H,6-7,10-11H2,1-5H3,(H,19,20). The Labute approximate surface area is 137 Å². The summed E-state index contributed by atoms with van der Waals surface area (Å²) in [6.45, 7) is 12.3. The molecule has 22 heavy (non-hydrogen) atoms. The van der Waals surface area contributed by atoms with E-state index in [4.69, 9.17) is 4.74 Å². The first-order valence-electron chi connectivity index (χ1n) is 7.84. The van der Waals surface area contributed by atoms with Gasteiger partial charge in [-0.05, 0) is 39.2 Å². The highest BCUT2D eigenvalue weighted by Gasteiger charge is 2.18. The van der Waals surface area contributed by atoms with Gasteiger partial charge in [-0.15, -0.1) is 11.3 Å². The van der Waals surface area contributed by atoms with Gasteiger partial charge in [0.05, 0.1) is 5.01 Å². The molecule has 2 N–H and O–H groups in total. The zero-order valence-corrected chi connectivity index (χ0v) is 15.1. The number of hydrogen-bond donors (Lipinski definition) is 2. The fraction of sp³-hybridized carbons (Fsp3) is 0.750. The Hall–Kier alpha value is -1.14. The topological polar surface area (TPSA) is 63.2 Å². The Morgan fingerprint density at radius 1 is 1.36 bits per heavy atom. The monoisotopic (exact) mass is 327 g/mol. The predicted molar refractivity (Wildman–Crippen MR) is 91.3 cm³/mol. The summed E-state index contributed by atoms with van der Waals surface area (Å²) < 4.78 is 5.27. The molecule has 1 rings (SSSR count). The Balaban J connectivity index is 2.25. The van der Waals surface area contributed by atoms with E-state index in [9.17, 15) is 4.79 Å². The number of amides is 1. The van der Waals surface area contributed by atoms with Crippen LogP contribution in [0.25, 0.3) is 0 Å². The fourth-order valence-corrected chi connectivity index (χ4v) is 2.55. The first kappa shape index (κ1) is 18.9. The summed E-state index contributed by atoms with van der Waals surface area (Å²) in [5.74, 6) is 0.867. The van der Waals surface area contributed by atoms with Crippen LogP contribution in [0.15, 0.2) is 11.6 Å². The lowest BCUT2D eigenvalue weighted by Crippen LogP contribution is -2.39. The molecule has 1 aromatic rings. The van der Waals surface area contributed by atoms with Gasteiger partial charge >= 0.3 is 6.09 Å². The molecule has 1 heterocycles. The van der Waals surface area contributed by atoms with Crippen molar-refractivity contribution in [3.63, 3.8) is 0 Å². The van der Waals surface area contributed by atoms with Gasteiger partial charge in [-0.25, -0.2) is 9.78 Å². The minimum Gasteiger partial charge on any atom is -0.444 e. The molecule has 6 heteroatoms. The Morgan fingerprint density at radius 3 is 2.64 bits per heavy atom. The number of thiazole rings is 1. The lowest BCUT2D eigenvalue weighted by atomic mass is 9.96. The van der Waals surface area contributed by atoms with E-state index in [0.717, 1.165) is 24.5 Å². The van der Waals surface area contributed by atoms with Crippen LogP contribution in [0.2, 0.25) is 0 Å². The van der Waals surface area contributed by atoms with Crippen LogP contribution >= 0.6 is 11.3 Å². The number of carbonyl (C=O) groups is 1. The lowest BCUT2D eigenvalue weighted by Gasteiger charge is -2.24. The normalized spacial score (nSPS) is 13.2. The average molecular weight is 327 g/mol. The van der Waals surface area contributed by atoms with E-state index < -0.39 is 5.60 Å². The van der Waals surface area contributed by atoms with Gasteiger partial charge in [-0.1, -0.05) is 13.8 Å². The molecule has 0 saturated carbocycles. The molecule has 1 amide bonds. The SMILES string of the molecule is CC(C)C(CNCCc1nccs1)CNC(=O)OC(C)(C)C. The molecule has 1 unspecified atom stereocenters. The van der Waals surface area contributed by atoms with Crippen molar-refractivity contribution < 1.29 is 9.53 Å². The molecule has 0 aliphatic carbocycles. The number of aromatic nitrogens is 1. The number of ether oxygens (including phenoxy) is 1. The van der Waals surface area contributed by atoms with Crippen molar-refractivity contribution in [3.05, 3.63) is 16.6 Å². The van der Waals surface area contributed by atoms with Crippen LogP contribution in [0.3, 0.4) is 0 Å².